The summed E-state index contributed by atoms with van der Waals surface area (Å²) in [6, 6.07) is 6.84. The molecule has 1 N–H and O–H groups in total. The minimum atomic E-state index is -3.27. The van der Waals surface area contributed by atoms with Crippen LogP contribution in [0.5, 0.6) is 5.75 Å². The lowest BCUT2D eigenvalue weighted by atomic mass is 10.3. The molecule has 0 bridgehead atoms. The molecule has 0 saturated carbocycles. The quantitative estimate of drug-likeness (QED) is 0.879. The van der Waals surface area contributed by atoms with Gasteiger partial charge in [-0.3, -0.25) is 0 Å². The van der Waals surface area contributed by atoms with Crippen molar-refractivity contribution in [2.45, 2.75) is 23.8 Å². The van der Waals surface area contributed by atoms with Crippen molar-refractivity contribution in [2.24, 2.45) is 0 Å². The molecular weight excluding hydrogens is 238 g/mol. The van der Waals surface area contributed by atoms with E-state index in [0.29, 0.717) is 5.75 Å². The number of hydrogen-bond acceptors (Lipinski definition) is 4. The summed E-state index contributed by atoms with van der Waals surface area (Å²) < 4.78 is 29.6. The number of sulfone groups is 1. The lowest BCUT2D eigenvalue weighted by Crippen LogP contribution is -2.30. The van der Waals surface area contributed by atoms with Crippen LogP contribution < -0.4 is 10.1 Å². The summed E-state index contributed by atoms with van der Waals surface area (Å²) in [5, 5.41) is 3.20. The monoisotopic (exact) mass is 255 g/mol. The van der Waals surface area contributed by atoms with Crippen molar-refractivity contribution >= 4 is 9.84 Å². The molecule has 1 aliphatic rings. The molecule has 0 unspecified atom stereocenters. The van der Waals surface area contributed by atoms with E-state index in [9.17, 15) is 8.42 Å². The van der Waals surface area contributed by atoms with E-state index in [2.05, 4.69) is 5.32 Å². The molecule has 1 aromatic carbocycles. The highest BCUT2D eigenvalue weighted by Gasteiger charge is 2.25. The molecule has 1 fully saturated rings. The molecule has 1 heterocycles. The Morgan fingerprint density at radius 2 is 2.18 bits per heavy atom. The van der Waals surface area contributed by atoms with Gasteiger partial charge in [0.25, 0.3) is 0 Å². The summed E-state index contributed by atoms with van der Waals surface area (Å²) in [6.45, 7) is 0.909. The largest absolute Gasteiger partial charge is 0.495 e. The number of rotatable bonds is 4. The highest BCUT2D eigenvalue weighted by Crippen LogP contribution is 2.25. The highest BCUT2D eigenvalue weighted by molar-refractivity contribution is 7.91. The smallest absolute Gasteiger partial charge is 0.183 e. The minimum absolute atomic E-state index is 0.0740. The summed E-state index contributed by atoms with van der Waals surface area (Å²) in [5.74, 6) is 0.568. The molecule has 0 radical (unpaired) electrons. The van der Waals surface area contributed by atoms with E-state index in [1.54, 1.807) is 24.3 Å². The van der Waals surface area contributed by atoms with Crippen LogP contribution in [-0.2, 0) is 9.84 Å². The molecule has 0 spiro atoms. The van der Waals surface area contributed by atoms with Crippen molar-refractivity contribution in [2.75, 3.05) is 19.4 Å². The Bertz CT molecular complexity index is 478. The molecule has 0 amide bonds. The normalized spacial score (nSPS) is 20.4. The highest BCUT2D eigenvalue weighted by atomic mass is 32.2. The van der Waals surface area contributed by atoms with E-state index >= 15 is 0 Å². The number of benzene rings is 1. The standard InChI is InChI=1S/C12H17NO3S/c1-16-11-6-2-3-7-12(11)17(14,15)9-10-5-4-8-13-10/h2-3,6-7,10,13H,4-5,8-9H2,1H3/t10-/m0/s1. The molecule has 1 saturated heterocycles. The van der Waals surface area contributed by atoms with E-state index < -0.39 is 9.84 Å². The predicted molar refractivity (Wildman–Crippen MR) is 66.1 cm³/mol. The predicted octanol–water partition coefficient (Wildman–Crippen LogP) is 1.22. The van der Waals surface area contributed by atoms with Crippen molar-refractivity contribution in [1.29, 1.82) is 0 Å². The molecule has 17 heavy (non-hydrogen) atoms. The maximum Gasteiger partial charge on any atom is 0.183 e. The number of methoxy groups -OCH3 is 1. The van der Waals surface area contributed by atoms with Crippen LogP contribution in [0.1, 0.15) is 12.8 Å². The van der Waals surface area contributed by atoms with Crippen LogP contribution in [0.2, 0.25) is 0 Å². The lowest BCUT2D eigenvalue weighted by Gasteiger charge is -2.13. The second kappa shape index (κ2) is 5.06. The van der Waals surface area contributed by atoms with Crippen LogP contribution in [0.15, 0.2) is 29.2 Å². The average molecular weight is 255 g/mol. The summed E-state index contributed by atoms with van der Waals surface area (Å²) in [5.41, 5.74) is 0. The number of ether oxygens (including phenoxy) is 1. The van der Waals surface area contributed by atoms with Crippen molar-refractivity contribution in [1.82, 2.24) is 5.32 Å². The van der Waals surface area contributed by atoms with Crippen LogP contribution in [0.3, 0.4) is 0 Å². The molecule has 1 aliphatic heterocycles. The van der Waals surface area contributed by atoms with Crippen molar-refractivity contribution in [3.8, 4) is 5.75 Å². The Kier molecular flexibility index (Phi) is 3.69. The Hall–Kier alpha value is -1.07. The van der Waals surface area contributed by atoms with Crippen molar-refractivity contribution < 1.29 is 13.2 Å². The van der Waals surface area contributed by atoms with E-state index in [-0.39, 0.29) is 16.7 Å². The van der Waals surface area contributed by atoms with E-state index in [4.69, 9.17) is 4.74 Å². The minimum Gasteiger partial charge on any atom is -0.495 e. The van der Waals surface area contributed by atoms with Gasteiger partial charge in [-0.15, -0.1) is 0 Å². The SMILES string of the molecule is COc1ccccc1S(=O)(=O)C[C@@H]1CCCN1. The molecular formula is C12H17NO3S. The molecule has 0 aromatic heterocycles. The van der Waals surface area contributed by atoms with Gasteiger partial charge in [0.1, 0.15) is 10.6 Å². The molecule has 0 aliphatic carbocycles. The van der Waals surface area contributed by atoms with E-state index in [1.807, 2.05) is 0 Å². The van der Waals surface area contributed by atoms with Gasteiger partial charge in [0.15, 0.2) is 9.84 Å². The molecule has 1 atom stereocenters. The average Bonchev–Trinajstić information content (AvgIpc) is 2.81. The fourth-order valence-corrected chi connectivity index (χ4v) is 3.87. The summed E-state index contributed by atoms with van der Waals surface area (Å²) in [6.07, 6.45) is 1.97. The lowest BCUT2D eigenvalue weighted by molar-refractivity contribution is 0.402. The maximum atomic E-state index is 12.2. The fourth-order valence-electron chi connectivity index (χ4n) is 2.13. The molecule has 5 heteroatoms. The number of hydrogen-bond donors (Lipinski definition) is 1. The zero-order valence-electron chi connectivity index (χ0n) is 9.85. The van der Waals surface area contributed by atoms with Gasteiger partial charge in [-0.1, -0.05) is 12.1 Å². The van der Waals surface area contributed by atoms with Gasteiger partial charge in [0.05, 0.1) is 12.9 Å². The van der Waals surface area contributed by atoms with Gasteiger partial charge in [-0.25, -0.2) is 8.42 Å². The first-order valence-corrected chi connectivity index (χ1v) is 7.38. The summed E-state index contributed by atoms with van der Waals surface area (Å²) in [7, 11) is -1.79. The first kappa shape index (κ1) is 12.4. The summed E-state index contributed by atoms with van der Waals surface area (Å²) >= 11 is 0. The molecule has 1 aromatic rings. The van der Waals surface area contributed by atoms with E-state index in [0.717, 1.165) is 19.4 Å². The number of para-hydroxylation sites is 1. The maximum absolute atomic E-state index is 12.2. The van der Waals surface area contributed by atoms with Crippen LogP contribution in [0, 0.1) is 0 Å². The van der Waals surface area contributed by atoms with E-state index in [1.165, 1.54) is 7.11 Å². The van der Waals surface area contributed by atoms with Crippen LogP contribution in [-0.4, -0.2) is 33.9 Å². The van der Waals surface area contributed by atoms with Gasteiger partial charge >= 0.3 is 0 Å². The van der Waals surface area contributed by atoms with Gasteiger partial charge in [0.2, 0.25) is 0 Å². The Morgan fingerprint density at radius 3 is 2.82 bits per heavy atom. The third-order valence-electron chi connectivity index (χ3n) is 2.99. The van der Waals surface area contributed by atoms with Crippen LogP contribution in [0.25, 0.3) is 0 Å². The molecule has 94 valence electrons. The third kappa shape index (κ3) is 2.79. The second-order valence-electron chi connectivity index (χ2n) is 4.23. The summed E-state index contributed by atoms with van der Waals surface area (Å²) in [4.78, 5) is 0.288. The van der Waals surface area contributed by atoms with Crippen LogP contribution in [0.4, 0.5) is 0 Å². The second-order valence-corrected chi connectivity index (χ2v) is 6.23. The Balaban J connectivity index is 2.24. The van der Waals surface area contributed by atoms with Gasteiger partial charge in [-0.05, 0) is 31.5 Å². The zero-order valence-corrected chi connectivity index (χ0v) is 10.7. The molecule has 2 rings (SSSR count). The van der Waals surface area contributed by atoms with Gasteiger partial charge in [0, 0.05) is 6.04 Å². The topological polar surface area (TPSA) is 55.4 Å². The first-order valence-electron chi connectivity index (χ1n) is 5.72. The Morgan fingerprint density at radius 1 is 1.41 bits per heavy atom. The first-order chi connectivity index (χ1) is 8.13. The third-order valence-corrected chi connectivity index (χ3v) is 4.84. The van der Waals surface area contributed by atoms with Gasteiger partial charge in [-0.2, -0.15) is 0 Å². The Labute approximate surface area is 102 Å². The fraction of sp³-hybridized carbons (Fsp3) is 0.500. The van der Waals surface area contributed by atoms with Crippen molar-refractivity contribution in [3.05, 3.63) is 24.3 Å². The van der Waals surface area contributed by atoms with Crippen LogP contribution >= 0.6 is 0 Å². The van der Waals surface area contributed by atoms with Gasteiger partial charge < -0.3 is 10.1 Å². The number of nitrogens with one attached hydrogen (secondary N) is 1. The van der Waals surface area contributed by atoms with Crippen molar-refractivity contribution in [3.63, 3.8) is 0 Å². The zero-order chi connectivity index (χ0) is 12.3. The molecule has 4 nitrogen and oxygen atoms in total.